The summed E-state index contributed by atoms with van der Waals surface area (Å²) in [5, 5.41) is 2.90. The van der Waals surface area contributed by atoms with Crippen LogP contribution >= 0.6 is 0 Å². The van der Waals surface area contributed by atoms with Crippen molar-refractivity contribution in [2.45, 2.75) is 44.3 Å². The molecule has 2 rings (SSSR count). The first-order valence-corrected chi connectivity index (χ1v) is 5.45. The van der Waals surface area contributed by atoms with E-state index in [2.05, 4.69) is 5.10 Å². The molecule has 0 atom stereocenters. The maximum atomic E-state index is 13.6. The molecule has 0 saturated heterocycles. The Bertz CT molecular complexity index is 501. The summed E-state index contributed by atoms with van der Waals surface area (Å²) in [6.45, 7) is 0.917. The van der Waals surface area contributed by atoms with Crippen LogP contribution in [0.15, 0.2) is 0 Å². The summed E-state index contributed by atoms with van der Waals surface area (Å²) >= 11 is 0. The van der Waals surface area contributed by atoms with Crippen LogP contribution in [-0.4, -0.2) is 9.78 Å². The Labute approximate surface area is 103 Å². The quantitative estimate of drug-likeness (QED) is 0.717. The number of alkyl halides is 7. The van der Waals surface area contributed by atoms with Gasteiger partial charge in [0.25, 0.3) is 11.8 Å². The van der Waals surface area contributed by atoms with E-state index < -0.39 is 47.8 Å². The van der Waals surface area contributed by atoms with Gasteiger partial charge in [-0.2, -0.15) is 27.1 Å². The van der Waals surface area contributed by atoms with Gasteiger partial charge < -0.3 is 0 Å². The molecule has 2 nitrogen and oxygen atoms in total. The van der Waals surface area contributed by atoms with Gasteiger partial charge in [0.15, 0.2) is 5.69 Å². The molecule has 0 fully saturated rings. The van der Waals surface area contributed by atoms with E-state index in [4.69, 9.17) is 0 Å². The first-order valence-electron chi connectivity index (χ1n) is 5.45. The van der Waals surface area contributed by atoms with E-state index in [1.165, 1.54) is 6.92 Å². The molecule has 1 aromatic heterocycles. The van der Waals surface area contributed by atoms with Gasteiger partial charge in [-0.25, -0.2) is 8.78 Å². The van der Waals surface area contributed by atoms with Crippen molar-refractivity contribution >= 4 is 0 Å². The molecular formula is C10H9F7N2. The Morgan fingerprint density at radius 1 is 1.11 bits per heavy atom. The number of halogens is 7. The second kappa shape index (κ2) is 3.86. The van der Waals surface area contributed by atoms with Gasteiger partial charge in [-0.15, -0.1) is 0 Å². The largest absolute Gasteiger partial charge is 0.435 e. The van der Waals surface area contributed by atoms with Crippen molar-refractivity contribution in [3.05, 3.63) is 17.0 Å². The molecule has 0 unspecified atom stereocenters. The highest BCUT2D eigenvalue weighted by Gasteiger charge is 2.57. The zero-order valence-electron chi connectivity index (χ0n) is 9.66. The summed E-state index contributed by atoms with van der Waals surface area (Å²) in [7, 11) is 0. The molecule has 0 radical (unpaired) electrons. The summed E-state index contributed by atoms with van der Waals surface area (Å²) in [6.07, 6.45) is -7.72. The number of nitrogens with zero attached hydrogens (tertiary/aromatic N) is 2. The first-order chi connectivity index (χ1) is 8.50. The van der Waals surface area contributed by atoms with Crippen molar-refractivity contribution in [1.82, 2.24) is 9.78 Å². The number of hydrogen-bond acceptors (Lipinski definition) is 1. The molecule has 19 heavy (non-hydrogen) atoms. The van der Waals surface area contributed by atoms with Crippen LogP contribution in [-0.2, 0) is 24.6 Å². The smallest absolute Gasteiger partial charge is 0.263 e. The van der Waals surface area contributed by atoms with Crippen molar-refractivity contribution < 1.29 is 30.7 Å². The molecule has 108 valence electrons. The lowest BCUT2D eigenvalue weighted by molar-refractivity contribution is -0.149. The minimum atomic E-state index is -5.19. The van der Waals surface area contributed by atoms with Crippen molar-refractivity contribution in [2.75, 3.05) is 0 Å². The van der Waals surface area contributed by atoms with Crippen molar-refractivity contribution in [2.24, 2.45) is 0 Å². The average Bonchev–Trinajstić information content (AvgIpc) is 2.66. The fraction of sp³-hybridized carbons (Fsp3) is 0.700. The highest BCUT2D eigenvalue weighted by atomic mass is 19.4. The van der Waals surface area contributed by atoms with Crippen LogP contribution in [0.3, 0.4) is 0 Å². The number of fused-ring (bicyclic) bond motifs is 1. The summed E-state index contributed by atoms with van der Waals surface area (Å²) in [4.78, 5) is 0. The molecule has 1 heterocycles. The highest BCUT2D eigenvalue weighted by molar-refractivity contribution is 5.38. The molecule has 0 aliphatic heterocycles. The third-order valence-electron chi connectivity index (χ3n) is 2.99. The van der Waals surface area contributed by atoms with Gasteiger partial charge in [0, 0.05) is 19.4 Å². The Morgan fingerprint density at radius 2 is 1.63 bits per heavy atom. The van der Waals surface area contributed by atoms with Gasteiger partial charge >= 0.3 is 6.18 Å². The first kappa shape index (κ1) is 14.1. The second-order valence-corrected chi connectivity index (χ2v) is 4.29. The summed E-state index contributed by atoms with van der Waals surface area (Å²) in [5.74, 6) is -7.68. The third-order valence-corrected chi connectivity index (χ3v) is 2.99. The van der Waals surface area contributed by atoms with Crippen LogP contribution in [0.5, 0.6) is 0 Å². The SMILES string of the molecule is CCn1nc(C(F)(F)F)c2c1C(F)(F)CCC2(F)F. The van der Waals surface area contributed by atoms with Crippen LogP contribution in [0.4, 0.5) is 30.7 Å². The lowest BCUT2D eigenvalue weighted by Gasteiger charge is -2.29. The minimum Gasteiger partial charge on any atom is -0.263 e. The van der Waals surface area contributed by atoms with E-state index in [1.54, 1.807) is 0 Å². The van der Waals surface area contributed by atoms with Gasteiger partial charge in [-0.3, -0.25) is 4.68 Å². The predicted molar refractivity (Wildman–Crippen MR) is 49.9 cm³/mol. The molecule has 9 heteroatoms. The fourth-order valence-corrected chi connectivity index (χ4v) is 2.16. The second-order valence-electron chi connectivity index (χ2n) is 4.29. The molecular weight excluding hydrogens is 281 g/mol. The molecule has 0 N–H and O–H groups in total. The Morgan fingerprint density at radius 3 is 2.11 bits per heavy atom. The van der Waals surface area contributed by atoms with Crippen LogP contribution < -0.4 is 0 Å². The highest BCUT2D eigenvalue weighted by Crippen LogP contribution is 2.53. The van der Waals surface area contributed by atoms with Crippen LogP contribution in [0.25, 0.3) is 0 Å². The summed E-state index contributed by atoms with van der Waals surface area (Å²) < 4.78 is 92.8. The van der Waals surface area contributed by atoms with E-state index >= 15 is 0 Å². The molecule has 1 aliphatic carbocycles. The third kappa shape index (κ3) is 2.08. The molecule has 1 aliphatic rings. The van der Waals surface area contributed by atoms with E-state index in [0.717, 1.165) is 0 Å². The molecule has 0 saturated carbocycles. The molecule has 0 bridgehead atoms. The zero-order chi connectivity index (χ0) is 14.6. The standard InChI is InChI=1S/C10H9F7N2/c1-2-19-7-5(6(18-19)10(15,16)17)8(11,12)3-4-9(7,13)14/h2-4H2,1H3. The lowest BCUT2D eigenvalue weighted by atomic mass is 9.89. The van der Waals surface area contributed by atoms with Gasteiger partial charge in [0.2, 0.25) is 0 Å². The zero-order valence-corrected chi connectivity index (χ0v) is 9.66. The van der Waals surface area contributed by atoms with Crippen molar-refractivity contribution in [3.8, 4) is 0 Å². The van der Waals surface area contributed by atoms with Crippen LogP contribution in [0.2, 0.25) is 0 Å². The average molecular weight is 290 g/mol. The monoisotopic (exact) mass is 290 g/mol. The molecule has 1 aromatic rings. The normalized spacial score (nSPS) is 21.3. The van der Waals surface area contributed by atoms with E-state index in [9.17, 15) is 30.7 Å². The van der Waals surface area contributed by atoms with Crippen LogP contribution in [0, 0.1) is 0 Å². The van der Waals surface area contributed by atoms with E-state index in [-0.39, 0.29) is 6.54 Å². The summed E-state index contributed by atoms with van der Waals surface area (Å²) in [5.41, 5.74) is -4.93. The maximum Gasteiger partial charge on any atom is 0.435 e. The van der Waals surface area contributed by atoms with Crippen molar-refractivity contribution in [1.29, 1.82) is 0 Å². The number of aryl methyl sites for hydroxylation is 1. The predicted octanol–water partition coefficient (Wildman–Crippen LogP) is 3.90. The molecule has 0 spiro atoms. The van der Waals surface area contributed by atoms with E-state index in [0.29, 0.717) is 4.68 Å². The molecule has 0 aromatic carbocycles. The number of rotatable bonds is 1. The minimum absolute atomic E-state index is 0.311. The van der Waals surface area contributed by atoms with Gasteiger partial charge in [-0.05, 0) is 6.92 Å². The summed E-state index contributed by atoms with van der Waals surface area (Å²) in [6, 6.07) is 0. The van der Waals surface area contributed by atoms with Gasteiger partial charge in [0.05, 0.1) is 5.56 Å². The van der Waals surface area contributed by atoms with E-state index in [1.807, 2.05) is 0 Å². The van der Waals surface area contributed by atoms with Gasteiger partial charge in [-0.1, -0.05) is 0 Å². The molecule has 0 amide bonds. The fourth-order valence-electron chi connectivity index (χ4n) is 2.16. The number of aromatic nitrogens is 2. The van der Waals surface area contributed by atoms with Crippen LogP contribution in [0.1, 0.15) is 36.7 Å². The Balaban J connectivity index is 2.80. The van der Waals surface area contributed by atoms with Crippen molar-refractivity contribution in [3.63, 3.8) is 0 Å². The lowest BCUT2D eigenvalue weighted by Crippen LogP contribution is -2.33. The topological polar surface area (TPSA) is 17.8 Å². The number of hydrogen-bond donors (Lipinski definition) is 0. The Hall–Kier alpha value is -1.28. The maximum absolute atomic E-state index is 13.6. The van der Waals surface area contributed by atoms with Gasteiger partial charge in [0.1, 0.15) is 5.69 Å². The Kier molecular flexibility index (Phi) is 2.87.